The van der Waals surface area contributed by atoms with Gasteiger partial charge in [0.05, 0.1) is 29.2 Å². The highest BCUT2D eigenvalue weighted by Gasteiger charge is 2.13. The van der Waals surface area contributed by atoms with E-state index in [1.807, 2.05) is 6.07 Å². The van der Waals surface area contributed by atoms with Gasteiger partial charge in [0.15, 0.2) is 0 Å². The molecular weight excluding hydrogens is 440 g/mol. The molecular formula is C20H19BrN4O4. The van der Waals surface area contributed by atoms with E-state index in [0.717, 1.165) is 17.3 Å². The summed E-state index contributed by atoms with van der Waals surface area (Å²) in [4.78, 5) is 28.3. The lowest BCUT2D eigenvalue weighted by atomic mass is 10.2. The number of non-ortho nitro benzene ring substituents is 1. The number of hydrogen-bond donors (Lipinski definition) is 0. The zero-order valence-corrected chi connectivity index (χ0v) is 17.5. The van der Waals surface area contributed by atoms with Crippen molar-refractivity contribution in [2.45, 2.75) is 26.2 Å². The number of nitro groups is 1. The van der Waals surface area contributed by atoms with Crippen molar-refractivity contribution < 1.29 is 9.66 Å². The van der Waals surface area contributed by atoms with Crippen LogP contribution in [0.5, 0.6) is 5.75 Å². The van der Waals surface area contributed by atoms with Crippen molar-refractivity contribution in [3.05, 3.63) is 72.7 Å². The van der Waals surface area contributed by atoms with Crippen molar-refractivity contribution in [3.63, 3.8) is 0 Å². The van der Waals surface area contributed by atoms with Crippen LogP contribution in [0.2, 0.25) is 0 Å². The minimum atomic E-state index is -0.495. The van der Waals surface area contributed by atoms with Crippen molar-refractivity contribution in [1.29, 1.82) is 0 Å². The lowest BCUT2D eigenvalue weighted by Crippen LogP contribution is -2.22. The topological polar surface area (TPSA) is 99.6 Å². The molecule has 0 atom stereocenters. The second-order valence-corrected chi connectivity index (χ2v) is 7.25. The van der Waals surface area contributed by atoms with Gasteiger partial charge >= 0.3 is 0 Å². The number of benzene rings is 2. The molecule has 2 aromatic carbocycles. The van der Waals surface area contributed by atoms with Gasteiger partial charge < -0.3 is 4.74 Å². The first kappa shape index (κ1) is 20.7. The standard InChI is InChI=1S/C20H19BrN4O4/c1-3-4-5-19-23-17-8-6-14(21)11-16(17)20(26)24(19)22-12-13-10-15(25(27)28)7-9-18(13)29-2/h6-12H,3-5H2,1-2H3. The number of hydrogen-bond acceptors (Lipinski definition) is 6. The van der Waals surface area contributed by atoms with E-state index in [0.29, 0.717) is 34.5 Å². The molecule has 3 rings (SSSR count). The van der Waals surface area contributed by atoms with Gasteiger partial charge in [-0.2, -0.15) is 9.78 Å². The fourth-order valence-electron chi connectivity index (χ4n) is 2.87. The van der Waals surface area contributed by atoms with E-state index >= 15 is 0 Å². The molecule has 1 heterocycles. The Morgan fingerprint density at radius 2 is 2.10 bits per heavy atom. The van der Waals surface area contributed by atoms with Crippen LogP contribution < -0.4 is 10.3 Å². The Bertz CT molecular complexity index is 1160. The molecule has 0 saturated carbocycles. The number of aromatic nitrogens is 2. The van der Waals surface area contributed by atoms with E-state index < -0.39 is 4.92 Å². The van der Waals surface area contributed by atoms with E-state index in [1.165, 1.54) is 36.2 Å². The van der Waals surface area contributed by atoms with Crippen LogP contribution in [0.4, 0.5) is 5.69 Å². The third kappa shape index (κ3) is 4.51. The number of nitro benzene ring substituents is 1. The lowest BCUT2D eigenvalue weighted by Gasteiger charge is -2.09. The highest BCUT2D eigenvalue weighted by atomic mass is 79.9. The summed E-state index contributed by atoms with van der Waals surface area (Å²) in [6.45, 7) is 2.05. The Kier molecular flexibility index (Phi) is 6.38. The van der Waals surface area contributed by atoms with E-state index in [4.69, 9.17) is 4.74 Å². The number of halogens is 1. The van der Waals surface area contributed by atoms with Gasteiger partial charge in [-0.3, -0.25) is 14.9 Å². The molecule has 0 aliphatic heterocycles. The Hall–Kier alpha value is -3.07. The van der Waals surface area contributed by atoms with Gasteiger partial charge in [0.1, 0.15) is 11.6 Å². The summed E-state index contributed by atoms with van der Waals surface area (Å²) >= 11 is 3.37. The average molecular weight is 459 g/mol. The summed E-state index contributed by atoms with van der Waals surface area (Å²) in [5.74, 6) is 0.950. The van der Waals surface area contributed by atoms with Crippen LogP contribution in [0.3, 0.4) is 0 Å². The van der Waals surface area contributed by atoms with Crippen LogP contribution in [0.1, 0.15) is 31.2 Å². The minimum absolute atomic E-state index is 0.0913. The monoisotopic (exact) mass is 458 g/mol. The second kappa shape index (κ2) is 8.95. The summed E-state index contributed by atoms with van der Waals surface area (Å²) in [6, 6.07) is 9.52. The molecule has 0 aliphatic rings. The minimum Gasteiger partial charge on any atom is -0.496 e. The van der Waals surface area contributed by atoms with Gasteiger partial charge in [-0.05, 0) is 30.7 Å². The highest BCUT2D eigenvalue weighted by molar-refractivity contribution is 9.10. The van der Waals surface area contributed by atoms with Crippen LogP contribution in [0.15, 0.2) is 50.8 Å². The number of ether oxygens (including phenoxy) is 1. The maximum absolute atomic E-state index is 13.1. The van der Waals surface area contributed by atoms with Crippen LogP contribution >= 0.6 is 15.9 Å². The number of methoxy groups -OCH3 is 1. The Morgan fingerprint density at radius 3 is 2.79 bits per heavy atom. The largest absolute Gasteiger partial charge is 0.496 e. The van der Waals surface area contributed by atoms with E-state index in [2.05, 4.69) is 32.9 Å². The Balaban J connectivity index is 2.15. The molecule has 1 aromatic heterocycles. The first-order valence-corrected chi connectivity index (χ1v) is 9.82. The van der Waals surface area contributed by atoms with Gasteiger partial charge in [-0.1, -0.05) is 29.3 Å². The quantitative estimate of drug-likeness (QED) is 0.298. The third-order valence-corrected chi connectivity index (χ3v) is 4.86. The zero-order chi connectivity index (χ0) is 21.0. The molecule has 150 valence electrons. The van der Waals surface area contributed by atoms with Gasteiger partial charge in [0.2, 0.25) is 0 Å². The normalized spacial score (nSPS) is 11.3. The van der Waals surface area contributed by atoms with E-state index in [9.17, 15) is 14.9 Å². The average Bonchev–Trinajstić information content (AvgIpc) is 2.71. The lowest BCUT2D eigenvalue weighted by molar-refractivity contribution is -0.384. The molecule has 0 aliphatic carbocycles. The number of nitrogens with zero attached hydrogens (tertiary/aromatic N) is 4. The van der Waals surface area contributed by atoms with Gasteiger partial charge in [0, 0.05) is 28.6 Å². The number of aryl methyl sites for hydroxylation is 1. The van der Waals surface area contributed by atoms with Gasteiger partial charge in [-0.15, -0.1) is 0 Å². The van der Waals surface area contributed by atoms with Gasteiger partial charge in [0.25, 0.3) is 11.2 Å². The maximum Gasteiger partial charge on any atom is 0.282 e. The van der Waals surface area contributed by atoms with Crippen LogP contribution in [0.25, 0.3) is 10.9 Å². The predicted molar refractivity (Wildman–Crippen MR) is 115 cm³/mol. The summed E-state index contributed by atoms with van der Waals surface area (Å²) in [5, 5.41) is 15.8. The third-order valence-electron chi connectivity index (χ3n) is 4.37. The number of fused-ring (bicyclic) bond motifs is 1. The van der Waals surface area contributed by atoms with Crippen molar-refractivity contribution >= 4 is 38.7 Å². The fraction of sp³-hybridized carbons (Fsp3) is 0.250. The second-order valence-electron chi connectivity index (χ2n) is 6.34. The van der Waals surface area contributed by atoms with E-state index in [-0.39, 0.29) is 11.2 Å². The van der Waals surface area contributed by atoms with Crippen molar-refractivity contribution in [3.8, 4) is 5.75 Å². The van der Waals surface area contributed by atoms with Crippen LogP contribution in [-0.2, 0) is 6.42 Å². The molecule has 0 N–H and O–H groups in total. The van der Waals surface area contributed by atoms with Crippen molar-refractivity contribution in [1.82, 2.24) is 9.66 Å². The summed E-state index contributed by atoms with van der Waals surface area (Å²) in [7, 11) is 1.46. The SMILES string of the molecule is CCCCc1nc2ccc(Br)cc2c(=O)n1N=Cc1cc([N+](=O)[O-])ccc1OC. The maximum atomic E-state index is 13.1. The zero-order valence-electron chi connectivity index (χ0n) is 16.0. The number of unbranched alkanes of at least 4 members (excludes halogenated alkanes) is 1. The van der Waals surface area contributed by atoms with E-state index in [1.54, 1.807) is 12.1 Å². The predicted octanol–water partition coefficient (Wildman–Crippen LogP) is 4.30. The molecule has 0 fully saturated rings. The van der Waals surface area contributed by atoms with Crippen molar-refractivity contribution in [2.24, 2.45) is 5.10 Å². The number of rotatable bonds is 7. The Morgan fingerprint density at radius 1 is 1.31 bits per heavy atom. The molecule has 0 saturated heterocycles. The molecule has 29 heavy (non-hydrogen) atoms. The molecule has 0 unspecified atom stereocenters. The molecule has 0 radical (unpaired) electrons. The first-order chi connectivity index (χ1) is 13.9. The summed E-state index contributed by atoms with van der Waals surface area (Å²) in [6.07, 6.45) is 3.76. The van der Waals surface area contributed by atoms with Gasteiger partial charge in [-0.25, -0.2) is 4.98 Å². The highest BCUT2D eigenvalue weighted by Crippen LogP contribution is 2.22. The molecule has 0 bridgehead atoms. The van der Waals surface area contributed by atoms with Crippen LogP contribution in [0, 0.1) is 10.1 Å². The molecule has 0 spiro atoms. The molecule has 9 heteroatoms. The van der Waals surface area contributed by atoms with Crippen LogP contribution in [-0.4, -0.2) is 27.9 Å². The van der Waals surface area contributed by atoms with Crippen molar-refractivity contribution in [2.75, 3.05) is 7.11 Å². The fourth-order valence-corrected chi connectivity index (χ4v) is 3.23. The molecule has 3 aromatic rings. The molecule has 0 amide bonds. The Labute approximate surface area is 175 Å². The first-order valence-electron chi connectivity index (χ1n) is 9.02. The smallest absolute Gasteiger partial charge is 0.282 e. The summed E-state index contributed by atoms with van der Waals surface area (Å²) in [5.41, 5.74) is 0.600. The summed E-state index contributed by atoms with van der Waals surface area (Å²) < 4.78 is 7.27. The molecule has 8 nitrogen and oxygen atoms in total.